The van der Waals surface area contributed by atoms with Crippen LogP contribution in [-0.2, 0) is 4.79 Å². The highest BCUT2D eigenvalue weighted by Gasteiger charge is 2.11. The maximum absolute atomic E-state index is 11.5. The molecule has 3 heteroatoms. The van der Waals surface area contributed by atoms with E-state index in [9.17, 15) is 9.59 Å². The second-order valence-corrected chi connectivity index (χ2v) is 3.16. The van der Waals surface area contributed by atoms with Crippen molar-refractivity contribution in [1.29, 1.82) is 0 Å². The highest BCUT2D eigenvalue weighted by Crippen LogP contribution is 2.03. The number of pyridine rings is 1. The van der Waals surface area contributed by atoms with Gasteiger partial charge in [-0.05, 0) is 19.1 Å². The molecular formula is C11H13NO2. The zero-order valence-electron chi connectivity index (χ0n) is 8.41. The molecule has 14 heavy (non-hydrogen) atoms. The van der Waals surface area contributed by atoms with Crippen molar-refractivity contribution in [2.24, 2.45) is 0 Å². The minimum absolute atomic E-state index is 0.0348. The minimum atomic E-state index is -0.194. The fourth-order valence-corrected chi connectivity index (χ4v) is 1.09. The molecule has 1 aromatic rings. The average molecular weight is 191 g/mol. The molecule has 0 bridgehead atoms. The van der Waals surface area contributed by atoms with Crippen LogP contribution in [0.2, 0.25) is 0 Å². The molecule has 0 spiro atoms. The fourth-order valence-electron chi connectivity index (χ4n) is 1.09. The van der Waals surface area contributed by atoms with Crippen LogP contribution >= 0.6 is 0 Å². The Morgan fingerprint density at radius 2 is 2.07 bits per heavy atom. The van der Waals surface area contributed by atoms with Gasteiger partial charge in [0.1, 0.15) is 11.5 Å². The third-order valence-electron chi connectivity index (χ3n) is 1.93. The fraction of sp³-hybridized carbons (Fsp3) is 0.364. The van der Waals surface area contributed by atoms with Crippen molar-refractivity contribution in [2.75, 3.05) is 0 Å². The molecule has 0 saturated heterocycles. The molecule has 0 aromatic carbocycles. The highest BCUT2D eigenvalue weighted by molar-refractivity contribution is 6.06. The molecule has 1 aromatic heterocycles. The molecule has 0 radical (unpaired) electrons. The molecule has 0 saturated carbocycles. The zero-order valence-corrected chi connectivity index (χ0v) is 8.41. The number of carbonyl (C=O) groups excluding carboxylic acids is 2. The Bertz CT molecular complexity index is 358. The van der Waals surface area contributed by atoms with Gasteiger partial charge >= 0.3 is 0 Å². The van der Waals surface area contributed by atoms with Crippen LogP contribution in [0.5, 0.6) is 0 Å². The molecule has 74 valence electrons. The van der Waals surface area contributed by atoms with E-state index in [1.54, 1.807) is 19.1 Å². The molecule has 0 aliphatic heterocycles. The lowest BCUT2D eigenvalue weighted by Gasteiger charge is -1.99. The van der Waals surface area contributed by atoms with E-state index in [2.05, 4.69) is 4.98 Å². The van der Waals surface area contributed by atoms with E-state index >= 15 is 0 Å². The number of carbonyl (C=O) groups is 2. The third-order valence-corrected chi connectivity index (χ3v) is 1.93. The summed E-state index contributed by atoms with van der Waals surface area (Å²) in [5.41, 5.74) is 1.17. The molecule has 1 heterocycles. The van der Waals surface area contributed by atoms with Crippen LogP contribution in [0.25, 0.3) is 0 Å². The number of aromatic nitrogens is 1. The van der Waals surface area contributed by atoms with Crippen LogP contribution in [-0.4, -0.2) is 16.6 Å². The first-order valence-electron chi connectivity index (χ1n) is 4.62. The predicted octanol–water partition coefficient (Wildman–Crippen LogP) is 1.94. The number of ketones is 2. The lowest BCUT2D eigenvalue weighted by Crippen LogP contribution is -2.09. The SMILES string of the molecule is CCC(=O)CC(=O)c1cccc(C)n1. The number of nitrogens with zero attached hydrogens (tertiary/aromatic N) is 1. The van der Waals surface area contributed by atoms with Crippen molar-refractivity contribution in [3.05, 3.63) is 29.6 Å². The van der Waals surface area contributed by atoms with Gasteiger partial charge in [-0.15, -0.1) is 0 Å². The molecule has 3 nitrogen and oxygen atoms in total. The summed E-state index contributed by atoms with van der Waals surface area (Å²) in [7, 11) is 0. The predicted molar refractivity (Wildman–Crippen MR) is 53.2 cm³/mol. The van der Waals surface area contributed by atoms with Gasteiger partial charge in [-0.1, -0.05) is 13.0 Å². The van der Waals surface area contributed by atoms with Crippen LogP contribution in [0, 0.1) is 6.92 Å². The normalized spacial score (nSPS) is 9.86. The quantitative estimate of drug-likeness (QED) is 0.539. The average Bonchev–Trinajstić information content (AvgIpc) is 2.17. The van der Waals surface area contributed by atoms with Crippen molar-refractivity contribution < 1.29 is 9.59 Å². The van der Waals surface area contributed by atoms with E-state index in [1.807, 2.05) is 13.0 Å². The van der Waals surface area contributed by atoms with Crippen molar-refractivity contribution in [2.45, 2.75) is 26.7 Å². The van der Waals surface area contributed by atoms with E-state index in [-0.39, 0.29) is 18.0 Å². The van der Waals surface area contributed by atoms with Crippen LogP contribution in [0.15, 0.2) is 18.2 Å². The summed E-state index contributed by atoms with van der Waals surface area (Å²) in [5.74, 6) is -0.237. The molecule has 0 amide bonds. The number of Topliss-reactive ketones (excluding diaryl/α,β-unsaturated/α-hetero) is 2. The largest absolute Gasteiger partial charge is 0.299 e. The number of hydrogen-bond donors (Lipinski definition) is 0. The monoisotopic (exact) mass is 191 g/mol. The summed E-state index contributed by atoms with van der Waals surface area (Å²) in [4.78, 5) is 26.6. The Morgan fingerprint density at radius 3 is 2.64 bits per heavy atom. The second-order valence-electron chi connectivity index (χ2n) is 3.16. The first-order valence-corrected chi connectivity index (χ1v) is 4.62. The summed E-state index contributed by atoms with van der Waals surface area (Å²) in [6, 6.07) is 5.22. The van der Waals surface area contributed by atoms with E-state index in [4.69, 9.17) is 0 Å². The van der Waals surface area contributed by atoms with E-state index in [0.717, 1.165) is 5.69 Å². The van der Waals surface area contributed by atoms with Crippen molar-refractivity contribution in [3.8, 4) is 0 Å². The van der Waals surface area contributed by atoms with E-state index < -0.39 is 0 Å². The van der Waals surface area contributed by atoms with E-state index in [1.165, 1.54) is 0 Å². The minimum Gasteiger partial charge on any atom is -0.299 e. The Morgan fingerprint density at radius 1 is 1.36 bits per heavy atom. The Balaban J connectivity index is 2.75. The van der Waals surface area contributed by atoms with Crippen molar-refractivity contribution >= 4 is 11.6 Å². The van der Waals surface area contributed by atoms with Gasteiger partial charge in [-0.2, -0.15) is 0 Å². The van der Waals surface area contributed by atoms with Gasteiger partial charge in [0.25, 0.3) is 0 Å². The molecule has 0 atom stereocenters. The van der Waals surface area contributed by atoms with Gasteiger partial charge in [-0.25, -0.2) is 0 Å². The number of rotatable bonds is 4. The smallest absolute Gasteiger partial charge is 0.188 e. The van der Waals surface area contributed by atoms with Crippen LogP contribution < -0.4 is 0 Å². The highest BCUT2D eigenvalue weighted by atomic mass is 16.1. The van der Waals surface area contributed by atoms with Crippen LogP contribution in [0.3, 0.4) is 0 Å². The van der Waals surface area contributed by atoms with Gasteiger partial charge in [-0.3, -0.25) is 14.6 Å². The van der Waals surface area contributed by atoms with Crippen LogP contribution in [0.1, 0.15) is 35.9 Å². The van der Waals surface area contributed by atoms with Crippen molar-refractivity contribution in [3.63, 3.8) is 0 Å². The first kappa shape index (κ1) is 10.6. The maximum Gasteiger partial charge on any atom is 0.188 e. The van der Waals surface area contributed by atoms with E-state index in [0.29, 0.717) is 12.1 Å². The Labute approximate surface area is 83.2 Å². The number of hydrogen-bond acceptors (Lipinski definition) is 3. The Hall–Kier alpha value is -1.51. The second kappa shape index (κ2) is 4.65. The Kier molecular flexibility index (Phi) is 3.51. The zero-order chi connectivity index (χ0) is 10.6. The summed E-state index contributed by atoms with van der Waals surface area (Å²) < 4.78 is 0. The molecule has 0 aliphatic rings. The lowest BCUT2D eigenvalue weighted by molar-refractivity contribution is -0.117. The van der Waals surface area contributed by atoms with Gasteiger partial charge in [0, 0.05) is 12.1 Å². The molecule has 0 aliphatic carbocycles. The first-order chi connectivity index (χ1) is 6.63. The topological polar surface area (TPSA) is 47.0 Å². The number of aryl methyl sites for hydroxylation is 1. The van der Waals surface area contributed by atoms with Crippen LogP contribution in [0.4, 0.5) is 0 Å². The molecule has 1 rings (SSSR count). The van der Waals surface area contributed by atoms with Gasteiger partial charge in [0.2, 0.25) is 0 Å². The summed E-state index contributed by atoms with van der Waals surface area (Å²) >= 11 is 0. The summed E-state index contributed by atoms with van der Waals surface area (Å²) in [5, 5.41) is 0. The van der Waals surface area contributed by atoms with Gasteiger partial charge in [0.15, 0.2) is 5.78 Å². The summed E-state index contributed by atoms with van der Waals surface area (Å²) in [6.45, 7) is 3.57. The molecule has 0 N–H and O–H groups in total. The van der Waals surface area contributed by atoms with Gasteiger partial charge in [0.05, 0.1) is 6.42 Å². The molecule has 0 fully saturated rings. The molecule has 0 unspecified atom stereocenters. The maximum atomic E-state index is 11.5. The van der Waals surface area contributed by atoms with Gasteiger partial charge < -0.3 is 0 Å². The molecular weight excluding hydrogens is 178 g/mol. The third kappa shape index (κ3) is 2.76. The lowest BCUT2D eigenvalue weighted by atomic mass is 10.1. The standard InChI is InChI=1S/C11H13NO2/c1-3-9(13)7-11(14)10-6-4-5-8(2)12-10/h4-6H,3,7H2,1-2H3. The summed E-state index contributed by atoms with van der Waals surface area (Å²) in [6.07, 6.45) is 0.366. The van der Waals surface area contributed by atoms with Crippen molar-refractivity contribution in [1.82, 2.24) is 4.98 Å².